The number of carbonyl (C=O) groups excluding carboxylic acids is 2. The van der Waals surface area contributed by atoms with Gasteiger partial charge in [0.15, 0.2) is 0 Å². The number of rotatable bonds is 3. The molecule has 0 unspecified atom stereocenters. The van der Waals surface area contributed by atoms with E-state index in [4.69, 9.17) is 0 Å². The van der Waals surface area contributed by atoms with Crippen LogP contribution in [-0.2, 0) is 4.79 Å². The number of nitrogens with zero attached hydrogens (tertiary/aromatic N) is 4. The van der Waals surface area contributed by atoms with Crippen LogP contribution in [0.5, 0.6) is 0 Å². The number of hydrogen-bond donors (Lipinski definition) is 1. The summed E-state index contributed by atoms with van der Waals surface area (Å²) in [5.41, 5.74) is 2.76. The number of urea groups is 1. The van der Waals surface area contributed by atoms with Gasteiger partial charge in [-0.25, -0.2) is 4.79 Å². The van der Waals surface area contributed by atoms with E-state index in [1.54, 1.807) is 12.4 Å². The van der Waals surface area contributed by atoms with Crippen molar-refractivity contribution < 1.29 is 9.59 Å². The Labute approximate surface area is 164 Å². The van der Waals surface area contributed by atoms with Crippen LogP contribution in [0, 0.1) is 0 Å². The summed E-state index contributed by atoms with van der Waals surface area (Å²) in [6.45, 7) is 5.00. The first-order chi connectivity index (χ1) is 13.6. The Morgan fingerprint density at radius 2 is 1.68 bits per heavy atom. The average Bonchev–Trinajstić information content (AvgIpc) is 3.07. The highest BCUT2D eigenvalue weighted by atomic mass is 16.2. The maximum absolute atomic E-state index is 12.6. The third kappa shape index (κ3) is 3.78. The fourth-order valence-corrected chi connectivity index (χ4v) is 3.86. The monoisotopic (exact) mass is 379 g/mol. The van der Waals surface area contributed by atoms with E-state index in [1.807, 2.05) is 46.2 Å². The predicted molar refractivity (Wildman–Crippen MR) is 110 cm³/mol. The van der Waals surface area contributed by atoms with Gasteiger partial charge in [0.05, 0.1) is 0 Å². The zero-order valence-corrected chi connectivity index (χ0v) is 16.0. The fraction of sp³-hybridized carbons (Fsp3) is 0.381. The van der Waals surface area contributed by atoms with E-state index in [0.717, 1.165) is 36.6 Å². The molecule has 1 atom stereocenters. The number of amides is 3. The Morgan fingerprint density at radius 1 is 1.00 bits per heavy atom. The highest BCUT2D eigenvalue weighted by Crippen LogP contribution is 2.27. The number of carbonyl (C=O) groups is 2. The van der Waals surface area contributed by atoms with Crippen LogP contribution >= 0.6 is 0 Å². The maximum atomic E-state index is 12.6. The summed E-state index contributed by atoms with van der Waals surface area (Å²) in [5.74, 6) is 0.163. The molecule has 2 aliphatic heterocycles. The van der Waals surface area contributed by atoms with Crippen molar-refractivity contribution in [1.82, 2.24) is 9.88 Å². The Balaban J connectivity index is 1.32. The minimum atomic E-state index is -0.0901. The van der Waals surface area contributed by atoms with Gasteiger partial charge in [-0.05, 0) is 49.7 Å². The molecule has 28 heavy (non-hydrogen) atoms. The van der Waals surface area contributed by atoms with E-state index in [2.05, 4.69) is 22.1 Å². The molecule has 2 aliphatic rings. The first-order valence-corrected chi connectivity index (χ1v) is 9.75. The molecule has 4 rings (SSSR count). The Morgan fingerprint density at radius 3 is 2.29 bits per heavy atom. The Bertz CT molecular complexity index is 832. The summed E-state index contributed by atoms with van der Waals surface area (Å²) in [6, 6.07) is 11.6. The summed E-state index contributed by atoms with van der Waals surface area (Å²) in [5, 5.41) is 2.96. The summed E-state index contributed by atoms with van der Waals surface area (Å²) in [4.78, 5) is 34.6. The molecule has 0 radical (unpaired) electrons. The van der Waals surface area contributed by atoms with Gasteiger partial charge in [-0.15, -0.1) is 0 Å². The van der Waals surface area contributed by atoms with Crippen molar-refractivity contribution in [2.75, 3.05) is 41.3 Å². The van der Waals surface area contributed by atoms with Crippen LogP contribution in [0.15, 0.2) is 48.8 Å². The van der Waals surface area contributed by atoms with E-state index < -0.39 is 0 Å². The Hall–Kier alpha value is -3.09. The van der Waals surface area contributed by atoms with E-state index >= 15 is 0 Å². The lowest BCUT2D eigenvalue weighted by atomic mass is 10.2. The first kappa shape index (κ1) is 18.3. The van der Waals surface area contributed by atoms with Crippen molar-refractivity contribution in [3.05, 3.63) is 48.8 Å². The third-order valence-corrected chi connectivity index (χ3v) is 5.48. The largest absolute Gasteiger partial charge is 0.368 e. The molecule has 0 spiro atoms. The van der Waals surface area contributed by atoms with Crippen LogP contribution in [0.4, 0.5) is 21.9 Å². The molecule has 0 bridgehead atoms. The van der Waals surface area contributed by atoms with Crippen molar-refractivity contribution in [2.45, 2.75) is 25.8 Å². The lowest BCUT2D eigenvalue weighted by molar-refractivity contribution is -0.117. The van der Waals surface area contributed by atoms with Crippen LogP contribution in [0.2, 0.25) is 0 Å². The molecule has 3 amide bonds. The van der Waals surface area contributed by atoms with E-state index in [9.17, 15) is 9.59 Å². The molecule has 0 saturated carbocycles. The van der Waals surface area contributed by atoms with Gasteiger partial charge < -0.3 is 20.0 Å². The summed E-state index contributed by atoms with van der Waals surface area (Å²) >= 11 is 0. The minimum absolute atomic E-state index is 0.0901. The summed E-state index contributed by atoms with van der Waals surface area (Å²) in [7, 11) is 0. The number of pyridine rings is 1. The van der Waals surface area contributed by atoms with Crippen LogP contribution in [-0.4, -0.2) is 54.0 Å². The SMILES string of the molecule is C[C@H]1CCC(=O)N1c1ccc(NC(=O)N2CCN(c3ccncc3)CC2)cc1. The van der Waals surface area contributed by atoms with Crippen molar-refractivity contribution in [3.63, 3.8) is 0 Å². The summed E-state index contributed by atoms with van der Waals surface area (Å²) in [6.07, 6.45) is 5.07. The molecule has 0 aliphatic carbocycles. The molecule has 1 aromatic heterocycles. The normalized spacial score (nSPS) is 19.8. The lowest BCUT2D eigenvalue weighted by Crippen LogP contribution is -2.50. The quantitative estimate of drug-likeness (QED) is 0.890. The standard InChI is InChI=1S/C21H25N5O2/c1-16-2-7-20(27)26(16)19-5-3-17(4-6-19)23-21(28)25-14-12-24(13-15-25)18-8-10-22-11-9-18/h3-6,8-11,16H,2,7,12-15H2,1H3,(H,23,28)/t16-/m0/s1. The highest BCUT2D eigenvalue weighted by molar-refractivity contribution is 5.96. The lowest BCUT2D eigenvalue weighted by Gasteiger charge is -2.36. The molecule has 2 saturated heterocycles. The minimum Gasteiger partial charge on any atom is -0.368 e. The number of aromatic nitrogens is 1. The molecule has 2 fully saturated rings. The number of benzene rings is 1. The van der Waals surface area contributed by atoms with E-state index in [1.165, 1.54) is 0 Å². The Kier molecular flexibility index (Phi) is 5.14. The summed E-state index contributed by atoms with van der Waals surface area (Å²) < 4.78 is 0. The van der Waals surface area contributed by atoms with Gasteiger partial charge in [-0.2, -0.15) is 0 Å². The van der Waals surface area contributed by atoms with Gasteiger partial charge in [-0.3, -0.25) is 9.78 Å². The van der Waals surface area contributed by atoms with Crippen LogP contribution in [0.3, 0.4) is 0 Å². The second-order valence-electron chi connectivity index (χ2n) is 7.31. The molecule has 146 valence electrons. The van der Waals surface area contributed by atoms with Crippen LogP contribution < -0.4 is 15.1 Å². The van der Waals surface area contributed by atoms with Gasteiger partial charge >= 0.3 is 6.03 Å². The topological polar surface area (TPSA) is 68.8 Å². The van der Waals surface area contributed by atoms with E-state index in [0.29, 0.717) is 19.5 Å². The van der Waals surface area contributed by atoms with Crippen LogP contribution in [0.1, 0.15) is 19.8 Å². The molecule has 7 heteroatoms. The maximum Gasteiger partial charge on any atom is 0.321 e. The molecule has 3 heterocycles. The van der Waals surface area contributed by atoms with Gasteiger partial charge in [0.2, 0.25) is 5.91 Å². The second kappa shape index (κ2) is 7.88. The van der Waals surface area contributed by atoms with Gasteiger partial charge in [-0.1, -0.05) is 0 Å². The highest BCUT2D eigenvalue weighted by Gasteiger charge is 2.28. The molecule has 7 nitrogen and oxygen atoms in total. The smallest absolute Gasteiger partial charge is 0.321 e. The molecule has 1 N–H and O–H groups in total. The molecule has 2 aromatic rings. The van der Waals surface area contributed by atoms with E-state index in [-0.39, 0.29) is 18.0 Å². The molecular weight excluding hydrogens is 354 g/mol. The molecular formula is C21H25N5O2. The fourth-order valence-electron chi connectivity index (χ4n) is 3.86. The van der Waals surface area contributed by atoms with Gasteiger partial charge in [0, 0.05) is 68.1 Å². The first-order valence-electron chi connectivity index (χ1n) is 9.75. The number of nitrogens with one attached hydrogen (secondary N) is 1. The zero-order chi connectivity index (χ0) is 19.5. The number of hydrogen-bond acceptors (Lipinski definition) is 4. The predicted octanol–water partition coefficient (Wildman–Crippen LogP) is 2.95. The van der Waals surface area contributed by atoms with Crippen molar-refractivity contribution in [2.24, 2.45) is 0 Å². The molecule has 1 aromatic carbocycles. The second-order valence-corrected chi connectivity index (χ2v) is 7.31. The van der Waals surface area contributed by atoms with Crippen molar-refractivity contribution >= 4 is 29.0 Å². The third-order valence-electron chi connectivity index (χ3n) is 5.48. The zero-order valence-electron chi connectivity index (χ0n) is 16.0. The number of piperazine rings is 1. The van der Waals surface area contributed by atoms with Crippen LogP contribution in [0.25, 0.3) is 0 Å². The van der Waals surface area contributed by atoms with Crippen molar-refractivity contribution in [1.29, 1.82) is 0 Å². The number of anilines is 3. The van der Waals surface area contributed by atoms with Gasteiger partial charge in [0.1, 0.15) is 0 Å². The van der Waals surface area contributed by atoms with Gasteiger partial charge in [0.25, 0.3) is 0 Å². The van der Waals surface area contributed by atoms with Crippen molar-refractivity contribution in [3.8, 4) is 0 Å². The average molecular weight is 379 g/mol.